The summed E-state index contributed by atoms with van der Waals surface area (Å²) in [6, 6.07) is 5.46. The molecule has 0 amide bonds. The third-order valence-corrected chi connectivity index (χ3v) is 3.71. The summed E-state index contributed by atoms with van der Waals surface area (Å²) >= 11 is 1.24. The number of pyridine rings is 2. The number of aromatic nitrogens is 2. The summed E-state index contributed by atoms with van der Waals surface area (Å²) in [5, 5.41) is 9.94. The number of thiophene rings is 1. The molecule has 0 aromatic carbocycles. The molecule has 5 heteroatoms. The smallest absolute Gasteiger partial charge is 0.345 e. The van der Waals surface area contributed by atoms with Gasteiger partial charge in [-0.05, 0) is 23.8 Å². The molecule has 0 aliphatic rings. The Bertz CT molecular complexity index is 722. The Morgan fingerprint density at radius 3 is 2.67 bits per heavy atom. The van der Waals surface area contributed by atoms with Crippen LogP contribution in [0.15, 0.2) is 43.0 Å². The molecule has 3 aromatic rings. The van der Waals surface area contributed by atoms with E-state index in [1.807, 2.05) is 12.1 Å². The van der Waals surface area contributed by atoms with Gasteiger partial charge in [0.05, 0.1) is 4.70 Å². The number of carboxylic acids is 1. The van der Waals surface area contributed by atoms with Crippen molar-refractivity contribution in [2.75, 3.05) is 0 Å². The molecule has 18 heavy (non-hydrogen) atoms. The maximum absolute atomic E-state index is 11.0. The van der Waals surface area contributed by atoms with Gasteiger partial charge >= 0.3 is 5.97 Å². The molecule has 4 nitrogen and oxygen atoms in total. The molecule has 0 bridgehead atoms. The van der Waals surface area contributed by atoms with Gasteiger partial charge in [-0.25, -0.2) is 4.79 Å². The van der Waals surface area contributed by atoms with Crippen LogP contribution in [0.4, 0.5) is 0 Å². The zero-order chi connectivity index (χ0) is 12.5. The fourth-order valence-corrected chi connectivity index (χ4v) is 2.72. The van der Waals surface area contributed by atoms with Crippen molar-refractivity contribution in [1.29, 1.82) is 0 Å². The van der Waals surface area contributed by atoms with Crippen LogP contribution in [0.2, 0.25) is 0 Å². The zero-order valence-corrected chi connectivity index (χ0v) is 10.0. The number of nitrogens with zero attached hydrogens (tertiary/aromatic N) is 2. The Hall–Kier alpha value is -2.27. The van der Waals surface area contributed by atoms with E-state index in [-0.39, 0.29) is 0 Å². The third kappa shape index (κ3) is 1.74. The normalized spacial score (nSPS) is 10.7. The first-order valence-corrected chi connectivity index (χ1v) is 6.08. The van der Waals surface area contributed by atoms with Crippen molar-refractivity contribution in [1.82, 2.24) is 9.97 Å². The van der Waals surface area contributed by atoms with E-state index in [0.29, 0.717) is 4.88 Å². The first kappa shape index (κ1) is 10.9. The van der Waals surface area contributed by atoms with Crippen molar-refractivity contribution in [3.8, 4) is 11.1 Å². The predicted molar refractivity (Wildman–Crippen MR) is 69.8 cm³/mol. The van der Waals surface area contributed by atoms with Crippen LogP contribution in [0.1, 0.15) is 9.67 Å². The van der Waals surface area contributed by atoms with Crippen LogP contribution in [0.5, 0.6) is 0 Å². The molecule has 3 rings (SSSR count). The summed E-state index contributed by atoms with van der Waals surface area (Å²) in [6.07, 6.45) is 6.85. The summed E-state index contributed by atoms with van der Waals surface area (Å²) in [6.45, 7) is 0. The fraction of sp³-hybridized carbons (Fsp3) is 0. The van der Waals surface area contributed by atoms with Gasteiger partial charge in [-0.15, -0.1) is 11.3 Å². The van der Waals surface area contributed by atoms with Crippen LogP contribution in [0.25, 0.3) is 21.2 Å². The second-order valence-electron chi connectivity index (χ2n) is 3.75. The Morgan fingerprint density at radius 1 is 1.17 bits per heavy atom. The highest BCUT2D eigenvalue weighted by atomic mass is 32.1. The number of rotatable bonds is 2. The summed E-state index contributed by atoms with van der Waals surface area (Å²) in [5.41, 5.74) is 1.91. The SMILES string of the molecule is O=C(O)c1cc2c(-c3ccncc3)cncc2s1. The molecule has 0 saturated heterocycles. The Labute approximate surface area is 107 Å². The second-order valence-corrected chi connectivity index (χ2v) is 4.83. The number of carboxylic acid groups (broad SMARTS) is 1. The van der Waals surface area contributed by atoms with Gasteiger partial charge < -0.3 is 5.11 Å². The minimum atomic E-state index is -0.906. The molecular weight excluding hydrogens is 248 g/mol. The van der Waals surface area contributed by atoms with Gasteiger partial charge in [-0.3, -0.25) is 9.97 Å². The van der Waals surface area contributed by atoms with Crippen molar-refractivity contribution >= 4 is 27.4 Å². The molecule has 0 radical (unpaired) electrons. The molecule has 0 aliphatic carbocycles. The monoisotopic (exact) mass is 256 g/mol. The predicted octanol–water partition coefficient (Wildman–Crippen LogP) is 3.06. The lowest BCUT2D eigenvalue weighted by atomic mass is 10.1. The Kier molecular flexibility index (Phi) is 2.53. The van der Waals surface area contributed by atoms with Gasteiger partial charge in [0.15, 0.2) is 0 Å². The van der Waals surface area contributed by atoms with Crippen LogP contribution in [-0.2, 0) is 0 Å². The summed E-state index contributed by atoms with van der Waals surface area (Å²) in [5.74, 6) is -0.906. The van der Waals surface area contributed by atoms with Gasteiger partial charge in [0.1, 0.15) is 4.88 Å². The molecule has 0 spiro atoms. The Balaban J connectivity index is 2.27. The molecule has 1 N–H and O–H groups in total. The molecule has 0 unspecified atom stereocenters. The van der Waals surface area contributed by atoms with E-state index >= 15 is 0 Å². The summed E-state index contributed by atoms with van der Waals surface area (Å²) in [4.78, 5) is 19.5. The highest BCUT2D eigenvalue weighted by molar-refractivity contribution is 7.20. The van der Waals surface area contributed by atoms with E-state index in [2.05, 4.69) is 9.97 Å². The minimum Gasteiger partial charge on any atom is -0.477 e. The van der Waals surface area contributed by atoms with E-state index in [4.69, 9.17) is 5.11 Å². The molecule has 0 saturated carbocycles. The van der Waals surface area contributed by atoms with Crippen LogP contribution >= 0.6 is 11.3 Å². The molecular formula is C13H8N2O2S. The number of fused-ring (bicyclic) bond motifs is 1. The van der Waals surface area contributed by atoms with Gasteiger partial charge in [0, 0.05) is 35.7 Å². The molecule has 3 aromatic heterocycles. The minimum absolute atomic E-state index is 0.327. The third-order valence-electron chi connectivity index (χ3n) is 2.65. The molecule has 0 fully saturated rings. The highest BCUT2D eigenvalue weighted by Crippen LogP contribution is 2.32. The number of carbonyl (C=O) groups is 1. The van der Waals surface area contributed by atoms with Crippen LogP contribution in [0.3, 0.4) is 0 Å². The molecule has 88 valence electrons. The first-order chi connectivity index (χ1) is 8.75. The van der Waals surface area contributed by atoms with Crippen molar-refractivity contribution in [3.05, 3.63) is 47.9 Å². The van der Waals surface area contributed by atoms with E-state index in [1.165, 1.54) is 11.3 Å². The quantitative estimate of drug-likeness (QED) is 0.765. The lowest BCUT2D eigenvalue weighted by Gasteiger charge is -2.01. The lowest BCUT2D eigenvalue weighted by Crippen LogP contribution is -1.89. The van der Waals surface area contributed by atoms with Crippen molar-refractivity contribution in [3.63, 3.8) is 0 Å². The molecule has 0 aliphatic heterocycles. The van der Waals surface area contributed by atoms with E-state index in [1.54, 1.807) is 30.9 Å². The summed E-state index contributed by atoms with van der Waals surface area (Å²) in [7, 11) is 0. The van der Waals surface area contributed by atoms with Gasteiger partial charge in [0.2, 0.25) is 0 Å². The van der Waals surface area contributed by atoms with Crippen LogP contribution in [0, 0.1) is 0 Å². The fourth-order valence-electron chi connectivity index (χ4n) is 1.83. The second kappa shape index (κ2) is 4.19. The highest BCUT2D eigenvalue weighted by Gasteiger charge is 2.12. The largest absolute Gasteiger partial charge is 0.477 e. The average Bonchev–Trinajstić information content (AvgIpc) is 2.83. The van der Waals surface area contributed by atoms with Crippen molar-refractivity contribution in [2.24, 2.45) is 0 Å². The maximum Gasteiger partial charge on any atom is 0.345 e. The lowest BCUT2D eigenvalue weighted by molar-refractivity contribution is 0.0702. The van der Waals surface area contributed by atoms with Gasteiger partial charge in [0.25, 0.3) is 0 Å². The van der Waals surface area contributed by atoms with Crippen LogP contribution < -0.4 is 0 Å². The number of aromatic carboxylic acids is 1. The number of hydrogen-bond donors (Lipinski definition) is 1. The van der Waals surface area contributed by atoms with Gasteiger partial charge in [-0.2, -0.15) is 0 Å². The van der Waals surface area contributed by atoms with Crippen LogP contribution in [-0.4, -0.2) is 21.0 Å². The van der Waals surface area contributed by atoms with E-state index in [0.717, 1.165) is 21.2 Å². The van der Waals surface area contributed by atoms with Crippen molar-refractivity contribution in [2.45, 2.75) is 0 Å². The maximum atomic E-state index is 11.0. The molecule has 0 atom stereocenters. The first-order valence-electron chi connectivity index (χ1n) is 5.27. The standard InChI is InChI=1S/C13H8N2O2S/c16-13(17)11-5-9-10(6-15-7-12(9)18-11)8-1-3-14-4-2-8/h1-7H,(H,16,17). The van der Waals surface area contributed by atoms with Crippen molar-refractivity contribution < 1.29 is 9.90 Å². The Morgan fingerprint density at radius 2 is 1.94 bits per heavy atom. The average molecular weight is 256 g/mol. The van der Waals surface area contributed by atoms with E-state index in [9.17, 15) is 4.79 Å². The molecule has 3 heterocycles. The topological polar surface area (TPSA) is 63.1 Å². The zero-order valence-electron chi connectivity index (χ0n) is 9.20. The van der Waals surface area contributed by atoms with Gasteiger partial charge in [-0.1, -0.05) is 0 Å². The van der Waals surface area contributed by atoms with E-state index < -0.39 is 5.97 Å². The number of hydrogen-bond acceptors (Lipinski definition) is 4. The summed E-state index contributed by atoms with van der Waals surface area (Å²) < 4.78 is 0.877.